The summed E-state index contributed by atoms with van der Waals surface area (Å²) in [6.07, 6.45) is 2.19. The van der Waals surface area contributed by atoms with Crippen molar-refractivity contribution in [3.05, 3.63) is 0 Å². The number of hydrogen-bond acceptors (Lipinski definition) is 4. The predicted octanol–water partition coefficient (Wildman–Crippen LogP) is 1.06. The fourth-order valence-electron chi connectivity index (χ4n) is 3.09. The van der Waals surface area contributed by atoms with Crippen LogP contribution >= 0.6 is 11.8 Å². The lowest BCUT2D eigenvalue weighted by Gasteiger charge is -2.39. The molecule has 1 unspecified atom stereocenters. The first-order valence-corrected chi connectivity index (χ1v) is 11.2. The van der Waals surface area contributed by atoms with Gasteiger partial charge in [0, 0.05) is 49.8 Å². The highest BCUT2D eigenvalue weighted by molar-refractivity contribution is 8.00. The minimum atomic E-state index is -3.06. The fourth-order valence-corrected chi connectivity index (χ4v) is 5.12. The molecular formula is C15H30N4O2S2. The summed E-state index contributed by atoms with van der Waals surface area (Å²) in [5.74, 6) is 2.41. The Labute approximate surface area is 145 Å². The van der Waals surface area contributed by atoms with Crippen molar-refractivity contribution in [2.45, 2.75) is 31.9 Å². The van der Waals surface area contributed by atoms with Gasteiger partial charge in [-0.05, 0) is 33.1 Å². The maximum Gasteiger partial charge on any atom is 0.211 e. The topological polar surface area (TPSA) is 65.0 Å². The molecule has 23 heavy (non-hydrogen) atoms. The van der Waals surface area contributed by atoms with Gasteiger partial charge in [0.05, 0.1) is 6.26 Å². The Morgan fingerprint density at radius 2 is 2.13 bits per heavy atom. The Bertz CT molecular complexity index is 534. The second-order valence-electron chi connectivity index (χ2n) is 7.00. The monoisotopic (exact) mass is 362 g/mol. The first-order valence-electron chi connectivity index (χ1n) is 8.33. The number of nitrogens with one attached hydrogen (secondary N) is 1. The van der Waals surface area contributed by atoms with Crippen LogP contribution in [0.4, 0.5) is 0 Å². The lowest BCUT2D eigenvalue weighted by molar-refractivity contribution is 0.374. The van der Waals surface area contributed by atoms with Crippen LogP contribution in [0.25, 0.3) is 0 Å². The Kier molecular flexibility index (Phi) is 6.24. The molecule has 8 heteroatoms. The molecule has 0 saturated carbocycles. The SMILES string of the molecule is CCNC(=NCC1CCN(S(C)(=O)=O)C1)N1CCSC(C)(C)C1. The molecule has 0 aromatic heterocycles. The van der Waals surface area contributed by atoms with Crippen molar-refractivity contribution in [1.82, 2.24) is 14.5 Å². The molecule has 1 atom stereocenters. The minimum absolute atomic E-state index is 0.245. The highest BCUT2D eigenvalue weighted by atomic mass is 32.2. The molecule has 0 spiro atoms. The van der Waals surface area contributed by atoms with Gasteiger partial charge in [0.1, 0.15) is 0 Å². The van der Waals surface area contributed by atoms with E-state index in [9.17, 15) is 8.42 Å². The highest BCUT2D eigenvalue weighted by Crippen LogP contribution is 2.29. The van der Waals surface area contributed by atoms with Gasteiger partial charge < -0.3 is 10.2 Å². The third-order valence-electron chi connectivity index (χ3n) is 4.28. The van der Waals surface area contributed by atoms with Crippen molar-refractivity contribution in [2.24, 2.45) is 10.9 Å². The van der Waals surface area contributed by atoms with Gasteiger partial charge in [-0.1, -0.05) is 0 Å². The third-order valence-corrected chi connectivity index (χ3v) is 6.84. The van der Waals surface area contributed by atoms with Crippen LogP contribution in [0.3, 0.4) is 0 Å². The quantitative estimate of drug-likeness (QED) is 0.598. The number of aliphatic imine (C=N–C) groups is 1. The summed E-state index contributed by atoms with van der Waals surface area (Å²) in [7, 11) is -3.06. The van der Waals surface area contributed by atoms with E-state index in [1.165, 1.54) is 6.26 Å². The molecule has 0 amide bonds. The van der Waals surface area contributed by atoms with Gasteiger partial charge in [0.2, 0.25) is 10.0 Å². The van der Waals surface area contributed by atoms with Crippen molar-refractivity contribution in [3.63, 3.8) is 0 Å². The third kappa shape index (κ3) is 5.53. The second-order valence-corrected chi connectivity index (χ2v) is 10.8. The number of rotatable bonds is 4. The Morgan fingerprint density at radius 1 is 1.39 bits per heavy atom. The zero-order chi connectivity index (χ0) is 17.1. The van der Waals surface area contributed by atoms with Crippen LogP contribution in [0.2, 0.25) is 0 Å². The summed E-state index contributed by atoms with van der Waals surface area (Å²) in [5, 5.41) is 3.39. The molecule has 0 aliphatic carbocycles. The number of thioether (sulfide) groups is 1. The van der Waals surface area contributed by atoms with Crippen LogP contribution in [0.5, 0.6) is 0 Å². The Balaban J connectivity index is 1.97. The number of hydrogen-bond donors (Lipinski definition) is 1. The van der Waals surface area contributed by atoms with Gasteiger partial charge in [0.15, 0.2) is 5.96 Å². The van der Waals surface area contributed by atoms with Crippen LogP contribution in [0.1, 0.15) is 27.2 Å². The lowest BCUT2D eigenvalue weighted by Crippen LogP contribution is -2.51. The molecule has 2 aliphatic rings. The van der Waals surface area contributed by atoms with E-state index >= 15 is 0 Å². The standard InChI is InChI=1S/C15H30N4O2S2/c1-5-16-14(18-8-9-22-15(2,3)12-18)17-10-13-6-7-19(11-13)23(4,20)21/h13H,5-12H2,1-4H3,(H,16,17). The number of sulfonamides is 1. The summed E-state index contributed by atoms with van der Waals surface area (Å²) >= 11 is 2.01. The maximum absolute atomic E-state index is 11.6. The summed E-state index contributed by atoms with van der Waals surface area (Å²) in [6.45, 7) is 11.4. The largest absolute Gasteiger partial charge is 0.357 e. The normalized spacial score (nSPS) is 26.5. The molecule has 2 aliphatic heterocycles. The van der Waals surface area contributed by atoms with E-state index in [1.54, 1.807) is 4.31 Å². The van der Waals surface area contributed by atoms with Crippen molar-refractivity contribution < 1.29 is 8.42 Å². The second kappa shape index (κ2) is 7.61. The molecule has 2 saturated heterocycles. The molecule has 1 N–H and O–H groups in total. The first-order chi connectivity index (χ1) is 10.7. The van der Waals surface area contributed by atoms with E-state index < -0.39 is 10.0 Å². The van der Waals surface area contributed by atoms with Gasteiger partial charge in [-0.2, -0.15) is 11.8 Å². The van der Waals surface area contributed by atoms with Gasteiger partial charge in [-0.15, -0.1) is 0 Å². The lowest BCUT2D eigenvalue weighted by atomic mass is 10.1. The van der Waals surface area contributed by atoms with Crippen molar-refractivity contribution in [3.8, 4) is 0 Å². The van der Waals surface area contributed by atoms with E-state index in [-0.39, 0.29) is 4.75 Å². The highest BCUT2D eigenvalue weighted by Gasteiger charge is 2.30. The van der Waals surface area contributed by atoms with Crippen LogP contribution in [0, 0.1) is 5.92 Å². The number of guanidine groups is 1. The molecule has 2 heterocycles. The van der Waals surface area contributed by atoms with E-state index in [4.69, 9.17) is 4.99 Å². The Hall–Kier alpha value is -0.470. The molecule has 6 nitrogen and oxygen atoms in total. The van der Waals surface area contributed by atoms with Crippen LogP contribution in [0.15, 0.2) is 4.99 Å². The van der Waals surface area contributed by atoms with Gasteiger partial charge >= 0.3 is 0 Å². The number of nitrogens with zero attached hydrogens (tertiary/aromatic N) is 3. The predicted molar refractivity (Wildman–Crippen MR) is 98.6 cm³/mol. The zero-order valence-corrected chi connectivity index (χ0v) is 16.3. The van der Waals surface area contributed by atoms with E-state index in [2.05, 4.69) is 31.0 Å². The average Bonchev–Trinajstić information content (AvgIpc) is 2.91. The van der Waals surface area contributed by atoms with Gasteiger partial charge in [-0.3, -0.25) is 4.99 Å². The summed E-state index contributed by atoms with van der Waals surface area (Å²) in [4.78, 5) is 7.14. The zero-order valence-electron chi connectivity index (χ0n) is 14.7. The van der Waals surface area contributed by atoms with Crippen LogP contribution < -0.4 is 5.32 Å². The maximum atomic E-state index is 11.6. The minimum Gasteiger partial charge on any atom is -0.357 e. The Morgan fingerprint density at radius 3 is 2.70 bits per heavy atom. The molecule has 0 aromatic carbocycles. The molecule has 0 radical (unpaired) electrons. The van der Waals surface area contributed by atoms with Crippen molar-refractivity contribution in [1.29, 1.82) is 0 Å². The molecule has 134 valence electrons. The molecule has 0 bridgehead atoms. The van der Waals surface area contributed by atoms with Crippen LogP contribution in [-0.4, -0.2) is 79.6 Å². The van der Waals surface area contributed by atoms with E-state index in [1.807, 2.05) is 11.8 Å². The van der Waals surface area contributed by atoms with Crippen LogP contribution in [-0.2, 0) is 10.0 Å². The smallest absolute Gasteiger partial charge is 0.211 e. The van der Waals surface area contributed by atoms with E-state index in [0.717, 1.165) is 37.8 Å². The summed E-state index contributed by atoms with van der Waals surface area (Å²) < 4.78 is 25.0. The summed E-state index contributed by atoms with van der Waals surface area (Å²) in [5.41, 5.74) is 0. The van der Waals surface area contributed by atoms with Crippen molar-refractivity contribution >= 4 is 27.7 Å². The molecule has 2 rings (SSSR count). The van der Waals surface area contributed by atoms with E-state index in [0.29, 0.717) is 25.6 Å². The van der Waals surface area contributed by atoms with Gasteiger partial charge in [-0.25, -0.2) is 12.7 Å². The fraction of sp³-hybridized carbons (Fsp3) is 0.933. The molecule has 2 fully saturated rings. The molecular weight excluding hydrogens is 332 g/mol. The molecule has 0 aromatic rings. The average molecular weight is 363 g/mol. The van der Waals surface area contributed by atoms with Crippen molar-refractivity contribution in [2.75, 3.05) is 51.3 Å². The first kappa shape index (κ1) is 18.9. The summed E-state index contributed by atoms with van der Waals surface area (Å²) in [6, 6.07) is 0. The van der Waals surface area contributed by atoms with Gasteiger partial charge in [0.25, 0.3) is 0 Å².